The van der Waals surface area contributed by atoms with E-state index in [-0.39, 0.29) is 0 Å². The Balaban J connectivity index is 2.14. The van der Waals surface area contributed by atoms with Crippen LogP contribution in [0.2, 0.25) is 0 Å². The summed E-state index contributed by atoms with van der Waals surface area (Å²) in [7, 11) is 1.63. The zero-order valence-electron chi connectivity index (χ0n) is 10.4. The summed E-state index contributed by atoms with van der Waals surface area (Å²) in [6.45, 7) is 1.04. The number of ether oxygens (including phenoxy) is 1. The molecule has 1 saturated heterocycles. The van der Waals surface area contributed by atoms with Gasteiger partial charge >= 0.3 is 0 Å². The van der Waals surface area contributed by atoms with Crippen molar-refractivity contribution in [1.82, 2.24) is 9.97 Å². The summed E-state index contributed by atoms with van der Waals surface area (Å²) in [6, 6.07) is 0.563. The Bertz CT molecular complexity index is 403. The van der Waals surface area contributed by atoms with Gasteiger partial charge in [-0.25, -0.2) is 4.98 Å². The number of nitrogens with zero attached hydrogens (tertiary/aromatic N) is 3. The monoisotopic (exact) mass is 377 g/mol. The van der Waals surface area contributed by atoms with Gasteiger partial charge in [-0.15, -0.1) is 0 Å². The molecular formula is C12H17Br2N3O. The molecule has 1 atom stereocenters. The summed E-state index contributed by atoms with van der Waals surface area (Å²) >= 11 is 6.87. The number of halogens is 2. The molecule has 4 nitrogen and oxygen atoms in total. The minimum Gasteiger partial charge on any atom is -0.480 e. The fourth-order valence-corrected chi connectivity index (χ4v) is 3.01. The lowest BCUT2D eigenvalue weighted by molar-refractivity contribution is 0.393. The van der Waals surface area contributed by atoms with Gasteiger partial charge in [-0.1, -0.05) is 15.9 Å². The molecule has 0 aliphatic carbocycles. The van der Waals surface area contributed by atoms with Gasteiger partial charge in [0, 0.05) is 17.9 Å². The smallest absolute Gasteiger partial charge is 0.232 e. The predicted molar refractivity (Wildman–Crippen MR) is 79.7 cm³/mol. The van der Waals surface area contributed by atoms with Gasteiger partial charge in [-0.2, -0.15) is 4.98 Å². The molecule has 100 valence electrons. The average molecular weight is 379 g/mol. The molecule has 2 heterocycles. The minimum absolute atomic E-state index is 0.563. The first-order valence-corrected chi connectivity index (χ1v) is 8.07. The topological polar surface area (TPSA) is 38.2 Å². The highest BCUT2D eigenvalue weighted by Crippen LogP contribution is 2.29. The third kappa shape index (κ3) is 3.15. The fourth-order valence-electron chi connectivity index (χ4n) is 2.34. The quantitative estimate of drug-likeness (QED) is 0.736. The van der Waals surface area contributed by atoms with Crippen LogP contribution in [0, 0.1) is 0 Å². The number of alkyl halides is 1. The molecule has 6 heteroatoms. The molecule has 0 bridgehead atoms. The van der Waals surface area contributed by atoms with Crippen LogP contribution in [0.5, 0.6) is 5.88 Å². The maximum atomic E-state index is 5.23. The SMILES string of the molecule is COc1nc(N2CCCC2CCCBr)ncc1Br. The third-order valence-electron chi connectivity index (χ3n) is 3.20. The number of aromatic nitrogens is 2. The molecule has 18 heavy (non-hydrogen) atoms. The van der Waals surface area contributed by atoms with Gasteiger partial charge in [0.2, 0.25) is 11.8 Å². The highest BCUT2D eigenvalue weighted by atomic mass is 79.9. The van der Waals surface area contributed by atoms with E-state index >= 15 is 0 Å². The molecule has 1 aliphatic rings. The summed E-state index contributed by atoms with van der Waals surface area (Å²) in [5, 5.41) is 1.06. The zero-order valence-corrected chi connectivity index (χ0v) is 13.6. The summed E-state index contributed by atoms with van der Waals surface area (Å²) in [5.74, 6) is 1.39. The Morgan fingerprint density at radius 1 is 1.56 bits per heavy atom. The van der Waals surface area contributed by atoms with Crippen molar-refractivity contribution in [3.8, 4) is 5.88 Å². The van der Waals surface area contributed by atoms with E-state index < -0.39 is 0 Å². The second-order valence-electron chi connectivity index (χ2n) is 4.35. The van der Waals surface area contributed by atoms with Gasteiger partial charge in [0.25, 0.3) is 0 Å². The first-order valence-electron chi connectivity index (χ1n) is 6.15. The largest absolute Gasteiger partial charge is 0.480 e. The van der Waals surface area contributed by atoms with Crippen molar-refractivity contribution in [2.75, 3.05) is 23.9 Å². The molecule has 0 amide bonds. The molecule has 1 aromatic rings. The maximum absolute atomic E-state index is 5.23. The van der Waals surface area contributed by atoms with Crippen LogP contribution in [-0.4, -0.2) is 35.0 Å². The number of rotatable bonds is 5. The molecule has 2 rings (SSSR count). The first-order chi connectivity index (χ1) is 8.76. The van der Waals surface area contributed by atoms with E-state index in [0.717, 1.165) is 22.3 Å². The molecule has 1 fully saturated rings. The highest BCUT2D eigenvalue weighted by Gasteiger charge is 2.26. The summed E-state index contributed by atoms with van der Waals surface area (Å²) in [5.41, 5.74) is 0. The molecule has 1 aliphatic heterocycles. The zero-order chi connectivity index (χ0) is 13.0. The Hall–Kier alpha value is -0.360. The van der Waals surface area contributed by atoms with Crippen LogP contribution in [0.1, 0.15) is 25.7 Å². The first kappa shape index (κ1) is 14.1. The van der Waals surface area contributed by atoms with Gasteiger partial charge in [0.1, 0.15) is 0 Å². The molecule has 0 radical (unpaired) electrons. The van der Waals surface area contributed by atoms with E-state index in [1.165, 1.54) is 25.7 Å². The van der Waals surface area contributed by atoms with Crippen molar-refractivity contribution in [3.63, 3.8) is 0 Å². The van der Waals surface area contributed by atoms with Gasteiger partial charge in [0.15, 0.2) is 0 Å². The van der Waals surface area contributed by atoms with E-state index in [1.54, 1.807) is 13.3 Å². The van der Waals surface area contributed by atoms with Crippen LogP contribution in [0.25, 0.3) is 0 Å². The molecule has 0 saturated carbocycles. The summed E-state index contributed by atoms with van der Waals surface area (Å²) < 4.78 is 6.03. The van der Waals surface area contributed by atoms with Gasteiger partial charge in [-0.3, -0.25) is 0 Å². The Kier molecular flexibility index (Phi) is 5.24. The highest BCUT2D eigenvalue weighted by molar-refractivity contribution is 9.10. The van der Waals surface area contributed by atoms with Gasteiger partial charge in [0.05, 0.1) is 17.8 Å². The van der Waals surface area contributed by atoms with E-state index in [1.807, 2.05) is 0 Å². The number of hydrogen-bond donors (Lipinski definition) is 0. The number of hydrogen-bond acceptors (Lipinski definition) is 4. The van der Waals surface area contributed by atoms with Crippen LogP contribution in [0.4, 0.5) is 5.95 Å². The van der Waals surface area contributed by atoms with Gasteiger partial charge < -0.3 is 9.64 Å². The van der Waals surface area contributed by atoms with Crippen LogP contribution >= 0.6 is 31.9 Å². The molecule has 1 unspecified atom stereocenters. The second kappa shape index (κ2) is 6.70. The van der Waals surface area contributed by atoms with E-state index in [4.69, 9.17) is 4.74 Å². The Morgan fingerprint density at radius 3 is 3.11 bits per heavy atom. The van der Waals surface area contributed by atoms with Crippen molar-refractivity contribution >= 4 is 37.8 Å². The normalized spacial score (nSPS) is 19.3. The van der Waals surface area contributed by atoms with E-state index in [9.17, 15) is 0 Å². The van der Waals surface area contributed by atoms with Crippen LogP contribution in [0.15, 0.2) is 10.7 Å². The lowest BCUT2D eigenvalue weighted by Crippen LogP contribution is -2.30. The molecule has 0 spiro atoms. The fraction of sp³-hybridized carbons (Fsp3) is 0.667. The van der Waals surface area contributed by atoms with Crippen molar-refractivity contribution in [3.05, 3.63) is 10.7 Å². The number of methoxy groups -OCH3 is 1. The minimum atomic E-state index is 0.563. The Labute approximate surface area is 124 Å². The lowest BCUT2D eigenvalue weighted by atomic mass is 10.1. The van der Waals surface area contributed by atoms with Crippen LogP contribution in [-0.2, 0) is 0 Å². The van der Waals surface area contributed by atoms with Crippen molar-refractivity contribution in [2.45, 2.75) is 31.7 Å². The maximum Gasteiger partial charge on any atom is 0.232 e. The van der Waals surface area contributed by atoms with Crippen LogP contribution in [0.3, 0.4) is 0 Å². The standard InChI is InChI=1S/C12H17Br2N3O/c1-18-11-10(14)8-15-12(16-11)17-7-3-5-9(17)4-2-6-13/h8-9H,2-7H2,1H3. The third-order valence-corrected chi connectivity index (χ3v) is 4.30. The lowest BCUT2D eigenvalue weighted by Gasteiger charge is -2.24. The molecule has 0 aromatic carbocycles. The van der Waals surface area contributed by atoms with Gasteiger partial charge in [-0.05, 0) is 41.6 Å². The summed E-state index contributed by atoms with van der Waals surface area (Å²) in [6.07, 6.45) is 6.59. The summed E-state index contributed by atoms with van der Waals surface area (Å²) in [4.78, 5) is 11.2. The van der Waals surface area contributed by atoms with Crippen molar-refractivity contribution in [1.29, 1.82) is 0 Å². The molecule has 1 aromatic heterocycles. The van der Waals surface area contributed by atoms with E-state index in [0.29, 0.717) is 11.9 Å². The second-order valence-corrected chi connectivity index (χ2v) is 6.00. The predicted octanol–water partition coefficient (Wildman–Crippen LogP) is 3.39. The molecule has 0 N–H and O–H groups in total. The Morgan fingerprint density at radius 2 is 2.39 bits per heavy atom. The van der Waals surface area contributed by atoms with Crippen LogP contribution < -0.4 is 9.64 Å². The van der Waals surface area contributed by atoms with Crippen molar-refractivity contribution in [2.24, 2.45) is 0 Å². The number of anilines is 1. The molecular weight excluding hydrogens is 362 g/mol. The van der Waals surface area contributed by atoms with Crippen molar-refractivity contribution < 1.29 is 4.74 Å². The average Bonchev–Trinajstić information content (AvgIpc) is 2.85. The van der Waals surface area contributed by atoms with E-state index in [2.05, 4.69) is 46.7 Å².